The van der Waals surface area contributed by atoms with Gasteiger partial charge >= 0.3 is 0 Å². The van der Waals surface area contributed by atoms with Crippen LogP contribution in [-0.2, 0) is 0 Å². The van der Waals surface area contributed by atoms with E-state index in [9.17, 15) is 0 Å². The normalized spacial score (nSPS) is 15.0. The van der Waals surface area contributed by atoms with E-state index in [2.05, 4.69) is 234 Å². The smallest absolute Gasteiger partial charge is 0.0487 e. The van der Waals surface area contributed by atoms with E-state index in [1.807, 2.05) is 31.2 Å². The molecule has 1 unspecified atom stereocenters. The number of para-hydroxylation sites is 1. The van der Waals surface area contributed by atoms with Gasteiger partial charge in [-0.2, -0.15) is 0 Å². The highest BCUT2D eigenvalue weighted by Crippen LogP contribution is 2.47. The van der Waals surface area contributed by atoms with Crippen LogP contribution in [-0.4, -0.2) is 7.05 Å². The summed E-state index contributed by atoms with van der Waals surface area (Å²) in [5.41, 5.74) is 26.9. The van der Waals surface area contributed by atoms with Crippen molar-refractivity contribution in [3.63, 3.8) is 0 Å². The van der Waals surface area contributed by atoms with Crippen molar-refractivity contribution in [1.82, 2.24) is 5.32 Å². The summed E-state index contributed by atoms with van der Waals surface area (Å²) in [5, 5.41) is 3.80. The van der Waals surface area contributed by atoms with Crippen LogP contribution in [0.5, 0.6) is 0 Å². The number of hydrogen-bond acceptors (Lipinski definition) is 2. The minimum atomic E-state index is 0.486. The summed E-state index contributed by atoms with van der Waals surface area (Å²) in [7, 11) is 2.22. The average Bonchev–Trinajstić information content (AvgIpc) is 4.25. The Morgan fingerprint density at radius 2 is 1.46 bits per heavy atom. The van der Waals surface area contributed by atoms with Gasteiger partial charge in [-0.3, -0.25) is 0 Å². The van der Waals surface area contributed by atoms with Crippen LogP contribution in [0.1, 0.15) is 99.5 Å². The molecule has 0 amide bonds. The quantitative estimate of drug-likeness (QED) is 0.0865. The zero-order valence-electron chi connectivity index (χ0n) is 41.8. The Morgan fingerprint density at radius 1 is 0.754 bits per heavy atom. The predicted octanol–water partition coefficient (Wildman–Crippen LogP) is 18.4. The summed E-state index contributed by atoms with van der Waals surface area (Å²) in [6.07, 6.45) is 24.8. The van der Waals surface area contributed by atoms with Gasteiger partial charge in [0.15, 0.2) is 0 Å². The van der Waals surface area contributed by atoms with Crippen molar-refractivity contribution in [3.05, 3.63) is 262 Å². The van der Waals surface area contributed by atoms with Gasteiger partial charge in [-0.15, -0.1) is 5.73 Å². The molecule has 1 fully saturated rings. The molecular weight excluding hydrogens is 833 g/mol. The Kier molecular flexibility index (Phi) is 15.8. The molecule has 0 heterocycles. The summed E-state index contributed by atoms with van der Waals surface area (Å²) < 4.78 is 0. The van der Waals surface area contributed by atoms with Crippen LogP contribution in [0.2, 0.25) is 0 Å². The molecule has 3 aliphatic rings. The molecule has 0 aromatic heterocycles. The third-order valence-electron chi connectivity index (χ3n) is 13.8. The Labute approximate surface area is 413 Å². The Bertz CT molecular complexity index is 3080. The van der Waals surface area contributed by atoms with Crippen LogP contribution in [0, 0.1) is 13.8 Å². The van der Waals surface area contributed by atoms with Crippen molar-refractivity contribution in [2.45, 2.75) is 85.5 Å². The van der Waals surface area contributed by atoms with Crippen molar-refractivity contribution in [2.24, 2.45) is 0 Å². The van der Waals surface area contributed by atoms with Gasteiger partial charge in [0.1, 0.15) is 0 Å². The fraction of sp³-hybridized carbons (Fsp3) is 0.209. The van der Waals surface area contributed by atoms with Gasteiger partial charge in [-0.25, -0.2) is 0 Å². The number of benzene rings is 6. The second-order valence-electron chi connectivity index (χ2n) is 18.8. The third-order valence-corrected chi connectivity index (χ3v) is 13.8. The molecule has 0 spiro atoms. The second-order valence-corrected chi connectivity index (χ2v) is 18.8. The fourth-order valence-corrected chi connectivity index (χ4v) is 9.51. The molecule has 3 aliphatic carbocycles. The maximum Gasteiger partial charge on any atom is 0.0487 e. The molecule has 2 nitrogen and oxygen atoms in total. The molecule has 2 heteroatoms. The van der Waals surface area contributed by atoms with Crippen LogP contribution in [0.15, 0.2) is 235 Å². The van der Waals surface area contributed by atoms with Gasteiger partial charge < -0.3 is 10.2 Å². The van der Waals surface area contributed by atoms with E-state index in [1.54, 1.807) is 0 Å². The van der Waals surface area contributed by atoms with Crippen molar-refractivity contribution < 1.29 is 0 Å². The van der Waals surface area contributed by atoms with Crippen LogP contribution in [0.4, 0.5) is 11.4 Å². The van der Waals surface area contributed by atoms with E-state index >= 15 is 0 Å². The number of aryl methyl sites for hydroxylation is 2. The second kappa shape index (κ2) is 22.6. The molecule has 6 aromatic rings. The van der Waals surface area contributed by atoms with Crippen molar-refractivity contribution in [3.8, 4) is 33.4 Å². The van der Waals surface area contributed by atoms with E-state index in [1.165, 1.54) is 90.8 Å². The molecule has 6 aromatic carbocycles. The first kappa shape index (κ1) is 48.1. The summed E-state index contributed by atoms with van der Waals surface area (Å²) in [4.78, 5) is 2.37. The highest BCUT2D eigenvalue weighted by atomic mass is 15.1. The van der Waals surface area contributed by atoms with Gasteiger partial charge in [-0.1, -0.05) is 172 Å². The number of nitrogens with zero attached hydrogens (tertiary/aromatic N) is 1. The Morgan fingerprint density at radius 3 is 2.19 bits per heavy atom. The van der Waals surface area contributed by atoms with Crippen molar-refractivity contribution in [2.75, 3.05) is 11.9 Å². The van der Waals surface area contributed by atoms with E-state index in [4.69, 9.17) is 0 Å². The molecule has 1 atom stereocenters. The molecule has 9 rings (SSSR count). The molecular formula is C67H68N2. The van der Waals surface area contributed by atoms with Gasteiger partial charge in [0, 0.05) is 41.5 Å². The number of anilines is 2. The standard InChI is InChI=1S/C60H60N2.C7H8/c1-8-10-11-21-42(4)50-25-16-18-30-59(50)61-47-23-20-22-43(5)57(39-47)58-40-48(36-37-52(58)45-34-35-45)62(7)60-31-19-17-29-55(60)54-28-15-13-26-51(54)46-33-32-44(6)56(38-46)53-27-14-12-24-49(53)41(3)9-2;1-7-5-3-2-4-6-7/h8,10-15,17-19,21-24,26-33,36-41,45,61H,4,9,16,25,34-35H2,1-3,5-7H3;2-6H,1H3/b10-8-,21-11-;. The van der Waals surface area contributed by atoms with Gasteiger partial charge in [-0.05, 0) is 186 Å². The largest absolute Gasteiger partial charge is 0.355 e. The average molecular weight is 901 g/mol. The first-order chi connectivity index (χ1) is 33.6. The topological polar surface area (TPSA) is 15.3 Å². The monoisotopic (exact) mass is 901 g/mol. The van der Waals surface area contributed by atoms with Crippen LogP contribution < -0.4 is 10.2 Å². The van der Waals surface area contributed by atoms with E-state index in [-0.39, 0.29) is 0 Å². The lowest BCUT2D eigenvalue weighted by molar-refractivity contribution is 0.735. The lowest BCUT2D eigenvalue weighted by atomic mass is 9.86. The van der Waals surface area contributed by atoms with E-state index in [0.29, 0.717) is 11.8 Å². The maximum atomic E-state index is 4.43. The molecule has 1 N–H and O–H groups in total. The van der Waals surface area contributed by atoms with Gasteiger partial charge in [0.2, 0.25) is 0 Å². The molecule has 0 saturated heterocycles. The first-order valence-electron chi connectivity index (χ1n) is 24.9. The SMILES string of the molecule is C=C(/C=C\C=C/C)C1=C(NC2=CC(c3cc(N(C)c4ccccc4-c4ccccc4-c4ccc(C)c(-c5ccccc5C(C)CC)c4)ccc3C3CC3)=C(C)C=C=C2)C=CCC1.Cc1ccccc1. The van der Waals surface area contributed by atoms with Gasteiger partial charge in [0.05, 0.1) is 0 Å². The summed E-state index contributed by atoms with van der Waals surface area (Å²) in [6, 6.07) is 51.1. The van der Waals surface area contributed by atoms with Crippen LogP contribution >= 0.6 is 0 Å². The Hall–Kier alpha value is -7.38. The number of rotatable bonds is 14. The number of nitrogens with one attached hydrogen (secondary N) is 1. The van der Waals surface area contributed by atoms with E-state index < -0.39 is 0 Å². The number of hydrogen-bond donors (Lipinski definition) is 1. The minimum absolute atomic E-state index is 0.486. The zero-order valence-corrected chi connectivity index (χ0v) is 41.8. The van der Waals surface area contributed by atoms with Crippen molar-refractivity contribution >= 4 is 16.9 Å². The van der Waals surface area contributed by atoms with Crippen molar-refractivity contribution in [1.29, 1.82) is 0 Å². The predicted molar refractivity (Wildman–Crippen MR) is 299 cm³/mol. The summed E-state index contributed by atoms with van der Waals surface area (Å²) in [6.45, 7) is 17.6. The molecule has 69 heavy (non-hydrogen) atoms. The minimum Gasteiger partial charge on any atom is -0.355 e. The van der Waals surface area contributed by atoms with E-state index in [0.717, 1.165) is 47.6 Å². The van der Waals surface area contributed by atoms with Gasteiger partial charge in [0.25, 0.3) is 0 Å². The first-order valence-corrected chi connectivity index (χ1v) is 24.9. The number of allylic oxidation sites excluding steroid dienone is 12. The molecule has 346 valence electrons. The highest BCUT2D eigenvalue weighted by molar-refractivity contribution is 5.93. The lowest BCUT2D eigenvalue weighted by Crippen LogP contribution is -2.15. The fourth-order valence-electron chi connectivity index (χ4n) is 9.51. The van der Waals surface area contributed by atoms with Crippen LogP contribution in [0.3, 0.4) is 0 Å². The molecule has 0 bridgehead atoms. The molecule has 1 saturated carbocycles. The summed E-state index contributed by atoms with van der Waals surface area (Å²) in [5.74, 6) is 1.06. The highest BCUT2D eigenvalue weighted by Gasteiger charge is 2.28. The maximum absolute atomic E-state index is 4.43. The Balaban J connectivity index is 0.000000842. The third kappa shape index (κ3) is 11.5. The van der Waals surface area contributed by atoms with Crippen LogP contribution in [0.25, 0.3) is 39.0 Å². The summed E-state index contributed by atoms with van der Waals surface area (Å²) >= 11 is 0. The lowest BCUT2D eigenvalue weighted by Gasteiger charge is -2.26. The zero-order chi connectivity index (χ0) is 48.3. The molecule has 0 aliphatic heterocycles. The molecule has 0 radical (unpaired) electrons.